The van der Waals surface area contributed by atoms with Gasteiger partial charge in [-0.25, -0.2) is 18.9 Å². The van der Waals surface area contributed by atoms with Gasteiger partial charge in [-0.2, -0.15) is 0 Å². The van der Waals surface area contributed by atoms with Crippen LogP contribution >= 0.6 is 11.6 Å². The van der Waals surface area contributed by atoms with E-state index in [1.807, 2.05) is 18.2 Å². The topological polar surface area (TPSA) is 85.0 Å². The number of rotatable bonds is 6. The Morgan fingerprint density at radius 2 is 1.76 bits per heavy atom. The Hall–Kier alpha value is -3.85. The van der Waals surface area contributed by atoms with Crippen molar-refractivity contribution in [1.29, 1.82) is 0 Å². The fourth-order valence-corrected chi connectivity index (χ4v) is 4.18. The van der Waals surface area contributed by atoms with E-state index in [0.29, 0.717) is 16.2 Å². The molecule has 1 aliphatic rings. The molecule has 0 N–H and O–H groups in total. The lowest BCUT2D eigenvalue weighted by Crippen LogP contribution is -2.46. The first-order valence-electron chi connectivity index (χ1n) is 10.9. The average Bonchev–Trinajstić information content (AvgIpc) is 3.18. The molecule has 174 valence electrons. The number of halogens is 1. The fraction of sp³-hybridized carbons (Fsp3) is 0.250. The van der Waals surface area contributed by atoms with Crippen LogP contribution in [-0.4, -0.2) is 58.2 Å². The molecule has 2 aromatic heterocycles. The molecule has 1 aliphatic heterocycles. The summed E-state index contributed by atoms with van der Waals surface area (Å²) in [6, 6.07) is 16.4. The van der Waals surface area contributed by atoms with Crippen LogP contribution in [0.4, 0.5) is 11.5 Å². The van der Waals surface area contributed by atoms with Crippen molar-refractivity contribution < 1.29 is 9.53 Å². The number of methoxy groups -OCH3 is 1. The summed E-state index contributed by atoms with van der Waals surface area (Å²) in [5, 5.41) is 4.91. The van der Waals surface area contributed by atoms with Gasteiger partial charge in [-0.05, 0) is 36.4 Å². The third-order valence-corrected chi connectivity index (χ3v) is 6.19. The van der Waals surface area contributed by atoms with Crippen LogP contribution < -0.4 is 20.2 Å². The minimum atomic E-state index is -0.404. The van der Waals surface area contributed by atoms with E-state index in [1.165, 1.54) is 15.4 Å². The molecule has 1 fully saturated rings. The Kier molecular flexibility index (Phi) is 5.93. The Morgan fingerprint density at radius 3 is 2.50 bits per heavy atom. The maximum atomic E-state index is 12.7. The number of piperazine rings is 1. The summed E-state index contributed by atoms with van der Waals surface area (Å²) in [6.07, 6.45) is 1.47. The molecule has 3 heterocycles. The summed E-state index contributed by atoms with van der Waals surface area (Å²) in [5.41, 5.74) is 1.65. The van der Waals surface area contributed by atoms with Crippen LogP contribution in [0.2, 0.25) is 5.02 Å². The zero-order valence-electron chi connectivity index (χ0n) is 18.6. The highest BCUT2D eigenvalue weighted by Gasteiger charge is 2.20. The summed E-state index contributed by atoms with van der Waals surface area (Å²) in [5.74, 6) is 1.37. The van der Waals surface area contributed by atoms with Gasteiger partial charge in [0.1, 0.15) is 24.4 Å². The van der Waals surface area contributed by atoms with Crippen LogP contribution in [0.5, 0.6) is 5.75 Å². The lowest BCUT2D eigenvalue weighted by atomic mass is 10.1. The van der Waals surface area contributed by atoms with Crippen molar-refractivity contribution in [2.45, 2.75) is 6.54 Å². The van der Waals surface area contributed by atoms with Gasteiger partial charge in [0.05, 0.1) is 7.11 Å². The molecule has 0 spiro atoms. The molecular formula is C24H23ClN6O3. The van der Waals surface area contributed by atoms with Crippen LogP contribution in [0.1, 0.15) is 10.4 Å². The van der Waals surface area contributed by atoms with Crippen molar-refractivity contribution in [1.82, 2.24) is 19.2 Å². The van der Waals surface area contributed by atoms with E-state index in [-0.39, 0.29) is 12.3 Å². The van der Waals surface area contributed by atoms with Crippen LogP contribution in [0.25, 0.3) is 5.65 Å². The second-order valence-corrected chi connectivity index (χ2v) is 8.46. The molecule has 34 heavy (non-hydrogen) atoms. The number of Topliss-reactive ketones (excluding diaryl/α,β-unsaturated/α-hetero) is 1. The number of hydrogen-bond donors (Lipinski definition) is 0. The zero-order valence-corrected chi connectivity index (χ0v) is 19.4. The minimum Gasteiger partial charge on any atom is -0.497 e. The Bertz CT molecular complexity index is 1390. The van der Waals surface area contributed by atoms with E-state index in [1.54, 1.807) is 37.4 Å². The summed E-state index contributed by atoms with van der Waals surface area (Å²) in [4.78, 5) is 34.2. The van der Waals surface area contributed by atoms with Crippen molar-refractivity contribution in [2.24, 2.45) is 0 Å². The molecule has 2 aromatic carbocycles. The smallest absolute Gasteiger partial charge is 0.352 e. The summed E-state index contributed by atoms with van der Waals surface area (Å²) in [6.45, 7) is 3.06. The van der Waals surface area contributed by atoms with Crippen LogP contribution in [0.3, 0.4) is 0 Å². The Balaban J connectivity index is 1.30. The number of aromatic nitrogens is 4. The summed E-state index contributed by atoms with van der Waals surface area (Å²) < 4.78 is 7.85. The van der Waals surface area contributed by atoms with E-state index in [9.17, 15) is 9.59 Å². The highest BCUT2D eigenvalue weighted by molar-refractivity contribution is 6.30. The normalized spacial score (nSPS) is 13.9. The number of carbonyl (C=O) groups excluding carboxylic acids is 1. The highest BCUT2D eigenvalue weighted by atomic mass is 35.5. The first kappa shape index (κ1) is 22.0. The molecule has 0 aliphatic carbocycles. The molecule has 0 saturated carbocycles. The molecule has 0 amide bonds. The van der Waals surface area contributed by atoms with E-state index < -0.39 is 5.69 Å². The molecule has 4 aromatic rings. The van der Waals surface area contributed by atoms with Crippen molar-refractivity contribution in [3.8, 4) is 5.75 Å². The monoisotopic (exact) mass is 478 g/mol. The van der Waals surface area contributed by atoms with Crippen LogP contribution in [0, 0.1) is 0 Å². The lowest BCUT2D eigenvalue weighted by molar-refractivity contribution is 0.0966. The third kappa shape index (κ3) is 4.34. The van der Waals surface area contributed by atoms with E-state index in [0.717, 1.165) is 43.4 Å². The predicted octanol–water partition coefficient (Wildman–Crippen LogP) is 2.76. The van der Waals surface area contributed by atoms with Gasteiger partial charge in [0, 0.05) is 54.6 Å². The molecule has 0 atom stereocenters. The molecule has 0 radical (unpaired) electrons. The maximum Gasteiger partial charge on any atom is 0.352 e. The average molecular weight is 479 g/mol. The van der Waals surface area contributed by atoms with Crippen molar-refractivity contribution >= 4 is 34.5 Å². The molecule has 9 nitrogen and oxygen atoms in total. The third-order valence-electron chi connectivity index (χ3n) is 5.94. The van der Waals surface area contributed by atoms with Gasteiger partial charge in [0.15, 0.2) is 11.4 Å². The molecule has 10 heteroatoms. The predicted molar refractivity (Wildman–Crippen MR) is 130 cm³/mol. The number of ether oxygens (including phenoxy) is 1. The number of hydrogen-bond acceptors (Lipinski definition) is 7. The van der Waals surface area contributed by atoms with Gasteiger partial charge in [-0.3, -0.25) is 4.79 Å². The van der Waals surface area contributed by atoms with E-state index in [2.05, 4.69) is 25.9 Å². The first-order valence-corrected chi connectivity index (χ1v) is 11.3. The number of anilines is 2. The van der Waals surface area contributed by atoms with Gasteiger partial charge in [-0.1, -0.05) is 17.7 Å². The largest absolute Gasteiger partial charge is 0.497 e. The van der Waals surface area contributed by atoms with Gasteiger partial charge < -0.3 is 14.5 Å². The fourth-order valence-electron chi connectivity index (χ4n) is 4.05. The van der Waals surface area contributed by atoms with Crippen molar-refractivity contribution in [2.75, 3.05) is 43.1 Å². The second-order valence-electron chi connectivity index (χ2n) is 8.02. The van der Waals surface area contributed by atoms with E-state index >= 15 is 0 Å². The van der Waals surface area contributed by atoms with Crippen molar-refractivity contribution in [3.63, 3.8) is 0 Å². The highest BCUT2D eigenvalue weighted by Crippen LogP contribution is 2.23. The van der Waals surface area contributed by atoms with Crippen LogP contribution in [0.15, 0.2) is 65.7 Å². The molecule has 5 rings (SSSR count). The molecule has 1 saturated heterocycles. The quantitative estimate of drug-likeness (QED) is 0.394. The lowest BCUT2D eigenvalue weighted by Gasteiger charge is -2.36. The minimum absolute atomic E-state index is 0.156. The summed E-state index contributed by atoms with van der Waals surface area (Å²) in [7, 11) is 1.67. The van der Waals surface area contributed by atoms with Gasteiger partial charge in [-0.15, -0.1) is 5.10 Å². The number of nitrogens with zero attached hydrogens (tertiary/aromatic N) is 6. The number of ketones is 1. The van der Waals surface area contributed by atoms with Crippen molar-refractivity contribution in [3.05, 3.63) is 82.0 Å². The zero-order chi connectivity index (χ0) is 23.7. The number of benzene rings is 2. The Morgan fingerprint density at radius 1 is 1.03 bits per heavy atom. The Labute approximate surface area is 200 Å². The van der Waals surface area contributed by atoms with Gasteiger partial charge >= 0.3 is 5.69 Å². The van der Waals surface area contributed by atoms with Gasteiger partial charge in [0.25, 0.3) is 0 Å². The van der Waals surface area contributed by atoms with Crippen LogP contribution in [-0.2, 0) is 6.54 Å². The number of carbonyl (C=O) groups is 1. The SMILES string of the molecule is COc1cccc(N2CCN(c3cc4nn(CC(=O)c5ccc(Cl)cc5)c(=O)n4cn3)CC2)c1. The standard InChI is InChI=1S/C24H23ClN6O3/c1-34-20-4-2-3-19(13-20)28-9-11-29(12-10-28)22-14-23-27-31(24(33)30(23)16-26-22)15-21(32)17-5-7-18(25)8-6-17/h2-8,13-14,16H,9-12,15H2,1H3. The van der Waals surface area contributed by atoms with E-state index in [4.69, 9.17) is 16.3 Å². The first-order chi connectivity index (χ1) is 16.5. The second kappa shape index (κ2) is 9.18. The summed E-state index contributed by atoms with van der Waals surface area (Å²) >= 11 is 5.88. The number of fused-ring (bicyclic) bond motifs is 1. The maximum absolute atomic E-state index is 12.7. The molecule has 0 bridgehead atoms. The molecular weight excluding hydrogens is 456 g/mol. The molecule has 0 unspecified atom stereocenters. The van der Waals surface area contributed by atoms with Gasteiger partial charge in [0.2, 0.25) is 0 Å².